The van der Waals surface area contributed by atoms with Crippen molar-refractivity contribution >= 4 is 5.78 Å². The highest BCUT2D eigenvalue weighted by Crippen LogP contribution is 2.30. The van der Waals surface area contributed by atoms with Crippen LogP contribution in [-0.2, 0) is 4.79 Å². The first kappa shape index (κ1) is 13.7. The van der Waals surface area contributed by atoms with Crippen molar-refractivity contribution in [2.45, 2.75) is 59.4 Å². The van der Waals surface area contributed by atoms with Gasteiger partial charge in [0.05, 0.1) is 0 Å². The Labute approximate surface area is 100 Å². The van der Waals surface area contributed by atoms with E-state index in [0.29, 0.717) is 17.7 Å². The van der Waals surface area contributed by atoms with Gasteiger partial charge in [-0.3, -0.25) is 4.79 Å². The van der Waals surface area contributed by atoms with E-state index in [-0.39, 0.29) is 5.92 Å². The maximum absolute atomic E-state index is 11.9. The fourth-order valence-corrected chi connectivity index (χ4v) is 2.52. The van der Waals surface area contributed by atoms with Gasteiger partial charge in [0.15, 0.2) is 0 Å². The van der Waals surface area contributed by atoms with E-state index in [1.165, 1.54) is 12.8 Å². The Morgan fingerprint density at radius 3 is 2.12 bits per heavy atom. The first-order valence-corrected chi connectivity index (χ1v) is 6.77. The molecule has 1 aliphatic carbocycles. The summed E-state index contributed by atoms with van der Waals surface area (Å²) in [6.07, 6.45) is 4.68. The van der Waals surface area contributed by atoms with E-state index in [2.05, 4.69) is 19.2 Å². The summed E-state index contributed by atoms with van der Waals surface area (Å²) in [6, 6.07) is 0.579. The topological polar surface area (TPSA) is 29.1 Å². The largest absolute Gasteiger partial charge is 0.314 e. The fourth-order valence-electron chi connectivity index (χ4n) is 2.52. The van der Waals surface area contributed by atoms with E-state index >= 15 is 0 Å². The summed E-state index contributed by atoms with van der Waals surface area (Å²) in [5.41, 5.74) is 0. The van der Waals surface area contributed by atoms with Gasteiger partial charge < -0.3 is 5.32 Å². The zero-order valence-electron chi connectivity index (χ0n) is 11.3. The average Bonchev–Trinajstić information content (AvgIpc) is 2.26. The molecule has 0 aromatic rings. The molecule has 0 spiro atoms. The second-order valence-corrected chi connectivity index (χ2v) is 5.84. The van der Waals surface area contributed by atoms with Crippen molar-refractivity contribution < 1.29 is 4.79 Å². The molecule has 1 fully saturated rings. The van der Waals surface area contributed by atoms with E-state index in [1.54, 1.807) is 0 Å². The van der Waals surface area contributed by atoms with Crippen molar-refractivity contribution in [3.05, 3.63) is 0 Å². The summed E-state index contributed by atoms with van der Waals surface area (Å²) in [5, 5.41) is 3.50. The first-order chi connectivity index (χ1) is 7.50. The minimum absolute atomic E-state index is 0.218. The second-order valence-electron chi connectivity index (χ2n) is 5.84. The third-order valence-corrected chi connectivity index (χ3v) is 3.63. The van der Waals surface area contributed by atoms with Gasteiger partial charge in [-0.05, 0) is 38.1 Å². The Morgan fingerprint density at radius 1 is 1.12 bits per heavy atom. The van der Waals surface area contributed by atoms with Crippen molar-refractivity contribution in [2.75, 3.05) is 6.54 Å². The van der Waals surface area contributed by atoms with Gasteiger partial charge in [-0.25, -0.2) is 0 Å². The second kappa shape index (κ2) is 6.39. The van der Waals surface area contributed by atoms with Gasteiger partial charge in [0.25, 0.3) is 0 Å². The normalized spacial score (nSPS) is 26.4. The Morgan fingerprint density at radius 2 is 1.69 bits per heavy atom. The van der Waals surface area contributed by atoms with E-state index < -0.39 is 0 Å². The third kappa shape index (κ3) is 4.25. The van der Waals surface area contributed by atoms with Crippen LogP contribution in [0.2, 0.25) is 0 Å². The molecule has 1 rings (SSSR count). The van der Waals surface area contributed by atoms with Crippen molar-refractivity contribution in [1.29, 1.82) is 0 Å². The predicted molar refractivity (Wildman–Crippen MR) is 68.4 cm³/mol. The number of hydrogen-bond donors (Lipinski definition) is 1. The zero-order chi connectivity index (χ0) is 12.1. The standard InChI is InChI=1S/C14H27NO/c1-10(2)14(16)13-7-5-12(6-8-13)9-15-11(3)4/h10-13,15H,5-9H2,1-4H3/t12-,13+. The summed E-state index contributed by atoms with van der Waals surface area (Å²) in [7, 11) is 0. The Hall–Kier alpha value is -0.370. The molecule has 1 aliphatic rings. The molecule has 0 saturated heterocycles. The van der Waals surface area contributed by atoms with Gasteiger partial charge in [0.1, 0.15) is 5.78 Å². The minimum atomic E-state index is 0.218. The molecule has 2 heteroatoms. The predicted octanol–water partition coefficient (Wildman–Crippen LogP) is 3.02. The Balaban J connectivity index is 2.26. The molecule has 16 heavy (non-hydrogen) atoms. The first-order valence-electron chi connectivity index (χ1n) is 6.77. The van der Waals surface area contributed by atoms with E-state index in [4.69, 9.17) is 0 Å². The van der Waals surface area contributed by atoms with E-state index in [0.717, 1.165) is 25.3 Å². The van der Waals surface area contributed by atoms with Crippen LogP contribution >= 0.6 is 0 Å². The molecule has 1 N–H and O–H groups in total. The average molecular weight is 225 g/mol. The molecule has 0 amide bonds. The highest BCUT2D eigenvalue weighted by molar-refractivity contribution is 5.82. The number of hydrogen-bond acceptors (Lipinski definition) is 2. The van der Waals surface area contributed by atoms with Crippen LogP contribution in [0.1, 0.15) is 53.4 Å². The lowest BCUT2D eigenvalue weighted by atomic mass is 9.78. The summed E-state index contributed by atoms with van der Waals surface area (Å²) < 4.78 is 0. The highest BCUT2D eigenvalue weighted by atomic mass is 16.1. The zero-order valence-corrected chi connectivity index (χ0v) is 11.3. The number of ketones is 1. The Bertz CT molecular complexity index is 215. The summed E-state index contributed by atoms with van der Waals surface area (Å²) in [4.78, 5) is 11.9. The van der Waals surface area contributed by atoms with E-state index in [1.807, 2.05) is 13.8 Å². The van der Waals surface area contributed by atoms with Crippen LogP contribution in [0.15, 0.2) is 0 Å². The summed E-state index contributed by atoms with van der Waals surface area (Å²) in [6.45, 7) is 9.55. The van der Waals surface area contributed by atoms with Crippen molar-refractivity contribution in [1.82, 2.24) is 5.32 Å². The Kier molecular flexibility index (Phi) is 5.47. The molecule has 0 radical (unpaired) electrons. The molecular weight excluding hydrogens is 198 g/mol. The molecule has 1 saturated carbocycles. The van der Waals surface area contributed by atoms with Crippen LogP contribution in [0.25, 0.3) is 0 Å². The van der Waals surface area contributed by atoms with Gasteiger partial charge >= 0.3 is 0 Å². The van der Waals surface area contributed by atoms with Crippen LogP contribution in [0.3, 0.4) is 0 Å². The SMILES string of the molecule is CC(C)NC[C@H]1CC[C@@H](C(=O)C(C)C)CC1. The lowest BCUT2D eigenvalue weighted by Gasteiger charge is -2.29. The van der Waals surface area contributed by atoms with Crippen molar-refractivity contribution in [3.63, 3.8) is 0 Å². The monoisotopic (exact) mass is 225 g/mol. The molecule has 0 aromatic carbocycles. The van der Waals surface area contributed by atoms with Crippen LogP contribution in [0.5, 0.6) is 0 Å². The maximum atomic E-state index is 11.9. The number of rotatable bonds is 5. The van der Waals surface area contributed by atoms with Crippen molar-refractivity contribution in [2.24, 2.45) is 17.8 Å². The lowest BCUT2D eigenvalue weighted by molar-refractivity contribution is -0.127. The fraction of sp³-hybridized carbons (Fsp3) is 0.929. The van der Waals surface area contributed by atoms with Gasteiger partial charge in [0, 0.05) is 17.9 Å². The lowest BCUT2D eigenvalue weighted by Crippen LogP contribution is -2.33. The van der Waals surface area contributed by atoms with Gasteiger partial charge in [0.2, 0.25) is 0 Å². The summed E-state index contributed by atoms with van der Waals surface area (Å²) in [5.74, 6) is 1.85. The molecule has 0 aromatic heterocycles. The number of carbonyl (C=O) groups is 1. The molecular formula is C14H27NO. The third-order valence-electron chi connectivity index (χ3n) is 3.63. The molecule has 0 bridgehead atoms. The van der Waals surface area contributed by atoms with Crippen LogP contribution < -0.4 is 5.32 Å². The number of Topliss-reactive ketones (excluding diaryl/α,β-unsaturated/α-hetero) is 1. The van der Waals surface area contributed by atoms with Crippen LogP contribution in [0, 0.1) is 17.8 Å². The van der Waals surface area contributed by atoms with Gasteiger partial charge in [-0.1, -0.05) is 27.7 Å². The van der Waals surface area contributed by atoms with Gasteiger partial charge in [-0.15, -0.1) is 0 Å². The molecule has 2 nitrogen and oxygen atoms in total. The quantitative estimate of drug-likeness (QED) is 0.779. The molecule has 0 heterocycles. The highest BCUT2D eigenvalue weighted by Gasteiger charge is 2.27. The minimum Gasteiger partial charge on any atom is -0.314 e. The van der Waals surface area contributed by atoms with Crippen molar-refractivity contribution in [3.8, 4) is 0 Å². The summed E-state index contributed by atoms with van der Waals surface area (Å²) >= 11 is 0. The molecule has 0 unspecified atom stereocenters. The molecule has 94 valence electrons. The van der Waals surface area contributed by atoms with Crippen LogP contribution in [0.4, 0.5) is 0 Å². The smallest absolute Gasteiger partial charge is 0.138 e. The van der Waals surface area contributed by atoms with Gasteiger partial charge in [-0.2, -0.15) is 0 Å². The number of nitrogens with one attached hydrogen (secondary N) is 1. The molecule has 0 aliphatic heterocycles. The van der Waals surface area contributed by atoms with Crippen LogP contribution in [-0.4, -0.2) is 18.4 Å². The molecule has 0 atom stereocenters. The van der Waals surface area contributed by atoms with E-state index in [9.17, 15) is 4.79 Å². The number of carbonyl (C=O) groups excluding carboxylic acids is 1. The maximum Gasteiger partial charge on any atom is 0.138 e.